The van der Waals surface area contributed by atoms with E-state index >= 15 is 0 Å². The maximum Gasteiger partial charge on any atom is 0.270 e. The molecule has 0 radical (unpaired) electrons. The van der Waals surface area contributed by atoms with Gasteiger partial charge in [0, 0.05) is 61.0 Å². The van der Waals surface area contributed by atoms with Gasteiger partial charge in [0.25, 0.3) is 11.8 Å². The molecule has 0 saturated carbocycles. The number of hydrogen-bond acceptors (Lipinski definition) is 2. The van der Waals surface area contributed by atoms with Crippen LogP contribution in [0.3, 0.4) is 0 Å². The first-order valence-corrected chi connectivity index (χ1v) is 11.1. The molecule has 0 atom stereocenters. The number of amides is 2. The van der Waals surface area contributed by atoms with Gasteiger partial charge in [0.15, 0.2) is 0 Å². The van der Waals surface area contributed by atoms with Gasteiger partial charge in [-0.1, -0.05) is 32.9 Å². The van der Waals surface area contributed by atoms with E-state index in [9.17, 15) is 18.4 Å². The highest BCUT2D eigenvalue weighted by Crippen LogP contribution is 2.35. The van der Waals surface area contributed by atoms with E-state index in [1.807, 2.05) is 17.9 Å². The highest BCUT2D eigenvalue weighted by molar-refractivity contribution is 6.05. The van der Waals surface area contributed by atoms with Crippen molar-refractivity contribution in [2.45, 2.75) is 71.8 Å². The van der Waals surface area contributed by atoms with E-state index in [0.29, 0.717) is 24.3 Å². The fourth-order valence-electron chi connectivity index (χ4n) is 4.41. The molecule has 1 fully saturated rings. The standard InChI is InChI=1S/C25H33F2N3O2/c1-16-21(23(32)28-19-9-7-8-18(14-19)25(6,26)27)15-22(24(3,4)5)30(16)20-10-12-29(13-11-20)17(2)31/h7-9,14-15,20H,10-13H2,1-6H3,(H,28,32). The van der Waals surface area contributed by atoms with Gasteiger partial charge < -0.3 is 14.8 Å². The maximum atomic E-state index is 13.7. The SMILES string of the molecule is CC(=O)N1CCC(n2c(C(C)(C)C)cc(C(=O)Nc3cccc(C(C)(F)F)c3)c2C)CC1. The van der Waals surface area contributed by atoms with Gasteiger partial charge in [-0.15, -0.1) is 0 Å². The Morgan fingerprint density at radius 2 is 1.69 bits per heavy atom. The van der Waals surface area contributed by atoms with Gasteiger partial charge in [0.1, 0.15) is 0 Å². The van der Waals surface area contributed by atoms with Gasteiger partial charge in [-0.25, -0.2) is 8.78 Å². The molecule has 0 aliphatic carbocycles. The molecule has 3 rings (SSSR count). The second-order valence-corrected chi connectivity index (χ2v) is 9.81. The van der Waals surface area contributed by atoms with Crippen LogP contribution >= 0.6 is 0 Å². The number of piperidine rings is 1. The number of carbonyl (C=O) groups is 2. The van der Waals surface area contributed by atoms with Gasteiger partial charge in [-0.3, -0.25) is 9.59 Å². The molecule has 2 aromatic rings. The van der Waals surface area contributed by atoms with Crippen LogP contribution in [0.2, 0.25) is 0 Å². The van der Waals surface area contributed by atoms with Crippen LogP contribution in [-0.4, -0.2) is 34.4 Å². The largest absolute Gasteiger partial charge is 0.344 e. The molecule has 1 aliphatic heterocycles. The van der Waals surface area contributed by atoms with Crippen LogP contribution < -0.4 is 5.32 Å². The number of aromatic nitrogens is 1. The predicted octanol–water partition coefficient (Wildman–Crippen LogP) is 5.64. The topological polar surface area (TPSA) is 54.3 Å². The Balaban J connectivity index is 1.91. The molecule has 1 N–H and O–H groups in total. The van der Waals surface area contributed by atoms with Crippen LogP contribution in [0.4, 0.5) is 14.5 Å². The summed E-state index contributed by atoms with van der Waals surface area (Å²) in [4.78, 5) is 26.7. The third-order valence-electron chi connectivity index (χ3n) is 6.21. The number of anilines is 1. The van der Waals surface area contributed by atoms with Crippen molar-refractivity contribution in [1.82, 2.24) is 9.47 Å². The first kappa shape index (κ1) is 24.0. The molecular weight excluding hydrogens is 412 g/mol. The zero-order chi connectivity index (χ0) is 23.8. The molecule has 1 aromatic heterocycles. The summed E-state index contributed by atoms with van der Waals surface area (Å²) < 4.78 is 29.6. The molecule has 0 spiro atoms. The minimum Gasteiger partial charge on any atom is -0.344 e. The van der Waals surface area contributed by atoms with Crippen molar-refractivity contribution in [3.8, 4) is 0 Å². The summed E-state index contributed by atoms with van der Waals surface area (Å²) in [7, 11) is 0. The van der Waals surface area contributed by atoms with Crippen LogP contribution in [0, 0.1) is 6.92 Å². The van der Waals surface area contributed by atoms with Crippen molar-refractivity contribution in [3.63, 3.8) is 0 Å². The number of rotatable bonds is 4. The molecule has 5 nitrogen and oxygen atoms in total. The van der Waals surface area contributed by atoms with Gasteiger partial charge in [-0.05, 0) is 38.0 Å². The number of nitrogens with one attached hydrogen (secondary N) is 1. The van der Waals surface area contributed by atoms with E-state index in [-0.39, 0.29) is 28.8 Å². The second kappa shape index (κ2) is 8.68. The number of nitrogens with zero attached hydrogens (tertiary/aromatic N) is 2. The Kier molecular flexibility index (Phi) is 6.50. The van der Waals surface area contributed by atoms with Crippen LogP contribution in [0.1, 0.15) is 80.8 Å². The van der Waals surface area contributed by atoms with Crippen LogP contribution in [0.15, 0.2) is 30.3 Å². The van der Waals surface area contributed by atoms with Crippen molar-refractivity contribution in [3.05, 3.63) is 52.8 Å². The molecule has 174 valence electrons. The number of alkyl halides is 2. The highest BCUT2D eigenvalue weighted by atomic mass is 19.3. The summed E-state index contributed by atoms with van der Waals surface area (Å²) in [5, 5.41) is 2.79. The molecule has 32 heavy (non-hydrogen) atoms. The number of carbonyl (C=O) groups excluding carboxylic acids is 2. The second-order valence-electron chi connectivity index (χ2n) is 9.81. The first-order chi connectivity index (χ1) is 14.8. The molecule has 1 aromatic carbocycles. The Bertz CT molecular complexity index is 1010. The highest BCUT2D eigenvalue weighted by Gasteiger charge is 2.31. The number of halogens is 2. The summed E-state index contributed by atoms with van der Waals surface area (Å²) in [5.41, 5.74) is 2.45. The van der Waals surface area contributed by atoms with E-state index in [2.05, 4.69) is 30.7 Å². The first-order valence-electron chi connectivity index (χ1n) is 11.1. The lowest BCUT2D eigenvalue weighted by atomic mass is 9.91. The zero-order valence-electron chi connectivity index (χ0n) is 19.8. The van der Waals surface area contributed by atoms with Gasteiger partial charge in [0.05, 0.1) is 5.56 Å². The molecule has 2 amide bonds. The lowest BCUT2D eigenvalue weighted by Crippen LogP contribution is -2.38. The average molecular weight is 446 g/mol. The number of benzene rings is 1. The molecule has 1 saturated heterocycles. The third-order valence-corrected chi connectivity index (χ3v) is 6.21. The van der Waals surface area contributed by atoms with Crippen molar-refractivity contribution < 1.29 is 18.4 Å². The number of hydrogen-bond donors (Lipinski definition) is 1. The van der Waals surface area contributed by atoms with Gasteiger partial charge >= 0.3 is 0 Å². The smallest absolute Gasteiger partial charge is 0.270 e. The van der Waals surface area contributed by atoms with Gasteiger partial charge in [0.2, 0.25) is 5.91 Å². The molecule has 0 bridgehead atoms. The summed E-state index contributed by atoms with van der Waals surface area (Å²) >= 11 is 0. The predicted molar refractivity (Wildman–Crippen MR) is 122 cm³/mol. The van der Waals surface area contributed by atoms with E-state index in [1.165, 1.54) is 18.2 Å². The normalized spacial score (nSPS) is 15.7. The Hall–Kier alpha value is -2.70. The summed E-state index contributed by atoms with van der Waals surface area (Å²) in [6.45, 7) is 12.1. The van der Waals surface area contributed by atoms with Crippen LogP contribution in [0.25, 0.3) is 0 Å². The third kappa shape index (κ3) is 5.03. The van der Waals surface area contributed by atoms with Crippen molar-refractivity contribution >= 4 is 17.5 Å². The maximum absolute atomic E-state index is 13.7. The Labute approximate surface area is 188 Å². The molecule has 7 heteroatoms. The summed E-state index contributed by atoms with van der Waals surface area (Å²) in [5.74, 6) is -3.21. The van der Waals surface area contributed by atoms with E-state index in [4.69, 9.17) is 0 Å². The van der Waals surface area contributed by atoms with Crippen molar-refractivity contribution in [1.29, 1.82) is 0 Å². The van der Waals surface area contributed by atoms with Crippen molar-refractivity contribution in [2.24, 2.45) is 0 Å². The Morgan fingerprint density at radius 1 is 1.06 bits per heavy atom. The van der Waals surface area contributed by atoms with Crippen LogP contribution in [-0.2, 0) is 16.1 Å². The summed E-state index contributed by atoms with van der Waals surface area (Å²) in [6.07, 6.45) is 1.65. The average Bonchev–Trinajstić information content (AvgIpc) is 3.05. The quantitative estimate of drug-likeness (QED) is 0.662. The lowest BCUT2D eigenvalue weighted by molar-refractivity contribution is -0.130. The zero-order valence-corrected chi connectivity index (χ0v) is 19.8. The minimum atomic E-state index is -2.98. The van der Waals surface area contributed by atoms with Crippen molar-refractivity contribution in [2.75, 3.05) is 18.4 Å². The fourth-order valence-corrected chi connectivity index (χ4v) is 4.41. The molecule has 0 unspecified atom stereocenters. The Morgan fingerprint density at radius 3 is 2.22 bits per heavy atom. The monoisotopic (exact) mass is 445 g/mol. The van der Waals surface area contributed by atoms with E-state index in [1.54, 1.807) is 13.0 Å². The molecular formula is C25H33F2N3O2. The van der Waals surface area contributed by atoms with E-state index < -0.39 is 5.92 Å². The molecule has 1 aliphatic rings. The van der Waals surface area contributed by atoms with Crippen LogP contribution in [0.5, 0.6) is 0 Å². The van der Waals surface area contributed by atoms with E-state index in [0.717, 1.165) is 31.2 Å². The number of likely N-dealkylation sites (tertiary alicyclic amines) is 1. The molecule has 2 heterocycles. The fraction of sp³-hybridized carbons (Fsp3) is 0.520. The summed E-state index contributed by atoms with van der Waals surface area (Å²) in [6, 6.07) is 7.91. The lowest BCUT2D eigenvalue weighted by Gasteiger charge is -2.35. The minimum absolute atomic E-state index is 0.0867. The van der Waals surface area contributed by atoms with Gasteiger partial charge in [-0.2, -0.15) is 0 Å².